The molecule has 0 bridgehead atoms. The van der Waals surface area contributed by atoms with Crippen molar-refractivity contribution >= 4 is 11.6 Å². The molecule has 1 N–H and O–H groups in total. The lowest BCUT2D eigenvalue weighted by Crippen LogP contribution is -2.44. The Balaban J connectivity index is 2.07. The number of hydrogen-bond donors (Lipinski definition) is 1. The summed E-state index contributed by atoms with van der Waals surface area (Å²) in [5.41, 5.74) is 2.51. The number of halogens is 1. The van der Waals surface area contributed by atoms with Crippen LogP contribution in [-0.4, -0.2) is 44.7 Å². The Kier molecular flexibility index (Phi) is 5.70. The molecule has 0 aliphatic carbocycles. The molecule has 1 aliphatic rings. The van der Waals surface area contributed by atoms with Gasteiger partial charge in [0.25, 0.3) is 0 Å². The van der Waals surface area contributed by atoms with Crippen molar-refractivity contribution in [2.75, 3.05) is 39.8 Å². The Labute approximate surface area is 127 Å². The standard InChI is InChI=1S/C16H25ClN2O/c1-12(2)14-10-13(11-15(17)16(14)20-3)4-7-19-8-5-18-6-9-19/h10-12,18H,4-9H2,1-3H3. The highest BCUT2D eigenvalue weighted by atomic mass is 35.5. The lowest BCUT2D eigenvalue weighted by atomic mass is 9.98. The van der Waals surface area contributed by atoms with Crippen LogP contribution in [0, 0.1) is 0 Å². The molecule has 1 fully saturated rings. The second-order valence-electron chi connectivity index (χ2n) is 5.70. The van der Waals surface area contributed by atoms with Crippen LogP contribution in [-0.2, 0) is 6.42 Å². The number of rotatable bonds is 5. The summed E-state index contributed by atoms with van der Waals surface area (Å²) in [5.74, 6) is 1.24. The zero-order valence-corrected chi connectivity index (χ0v) is 13.5. The van der Waals surface area contributed by atoms with Crippen LogP contribution in [0.5, 0.6) is 5.75 Å². The van der Waals surface area contributed by atoms with Gasteiger partial charge in [-0.3, -0.25) is 0 Å². The van der Waals surface area contributed by atoms with Crippen LogP contribution in [0.25, 0.3) is 0 Å². The fraction of sp³-hybridized carbons (Fsp3) is 0.625. The molecule has 0 saturated carbocycles. The summed E-state index contributed by atoms with van der Waals surface area (Å²) in [4.78, 5) is 2.50. The third-order valence-electron chi connectivity index (χ3n) is 3.88. The van der Waals surface area contributed by atoms with E-state index in [1.165, 1.54) is 11.1 Å². The number of ether oxygens (including phenoxy) is 1. The molecule has 20 heavy (non-hydrogen) atoms. The monoisotopic (exact) mass is 296 g/mol. The first-order chi connectivity index (χ1) is 9.61. The molecule has 0 radical (unpaired) electrons. The first-order valence-electron chi connectivity index (χ1n) is 7.41. The summed E-state index contributed by atoms with van der Waals surface area (Å²) in [5, 5.41) is 4.11. The molecule has 112 valence electrons. The van der Waals surface area contributed by atoms with Crippen molar-refractivity contribution in [1.82, 2.24) is 10.2 Å². The van der Waals surface area contributed by atoms with E-state index >= 15 is 0 Å². The topological polar surface area (TPSA) is 24.5 Å². The third-order valence-corrected chi connectivity index (χ3v) is 4.17. The zero-order chi connectivity index (χ0) is 14.5. The molecular formula is C16H25ClN2O. The van der Waals surface area contributed by atoms with E-state index < -0.39 is 0 Å². The highest BCUT2D eigenvalue weighted by molar-refractivity contribution is 6.32. The maximum Gasteiger partial charge on any atom is 0.140 e. The van der Waals surface area contributed by atoms with E-state index in [0.717, 1.165) is 49.9 Å². The van der Waals surface area contributed by atoms with Crippen molar-refractivity contribution in [1.29, 1.82) is 0 Å². The molecule has 1 saturated heterocycles. The number of methoxy groups -OCH3 is 1. The van der Waals surface area contributed by atoms with Crippen LogP contribution in [0.1, 0.15) is 30.9 Å². The van der Waals surface area contributed by atoms with Gasteiger partial charge in [0.15, 0.2) is 0 Å². The van der Waals surface area contributed by atoms with Crippen LogP contribution < -0.4 is 10.1 Å². The van der Waals surface area contributed by atoms with Crippen LogP contribution in [0.15, 0.2) is 12.1 Å². The second kappa shape index (κ2) is 7.30. The summed E-state index contributed by atoms with van der Waals surface area (Å²) in [6, 6.07) is 4.30. The lowest BCUT2D eigenvalue weighted by molar-refractivity contribution is 0.244. The molecule has 1 heterocycles. The number of nitrogens with zero attached hydrogens (tertiary/aromatic N) is 1. The summed E-state index contributed by atoms with van der Waals surface area (Å²) >= 11 is 6.35. The van der Waals surface area contributed by atoms with Crippen molar-refractivity contribution in [3.05, 3.63) is 28.3 Å². The predicted molar refractivity (Wildman–Crippen MR) is 85.1 cm³/mol. The minimum Gasteiger partial charge on any atom is -0.495 e. The summed E-state index contributed by atoms with van der Waals surface area (Å²) in [7, 11) is 1.69. The largest absolute Gasteiger partial charge is 0.495 e. The minimum atomic E-state index is 0.418. The van der Waals surface area contributed by atoms with Gasteiger partial charge in [-0.2, -0.15) is 0 Å². The maximum absolute atomic E-state index is 6.35. The molecule has 0 unspecified atom stereocenters. The lowest BCUT2D eigenvalue weighted by Gasteiger charge is -2.27. The van der Waals surface area contributed by atoms with Crippen LogP contribution in [0.3, 0.4) is 0 Å². The van der Waals surface area contributed by atoms with Gasteiger partial charge in [0, 0.05) is 32.7 Å². The molecule has 2 rings (SSSR count). The van der Waals surface area contributed by atoms with E-state index in [1.807, 2.05) is 0 Å². The Bertz CT molecular complexity index is 442. The van der Waals surface area contributed by atoms with Gasteiger partial charge in [-0.25, -0.2) is 0 Å². The first kappa shape index (κ1) is 15.6. The fourth-order valence-corrected chi connectivity index (χ4v) is 3.01. The van der Waals surface area contributed by atoms with Crippen LogP contribution in [0.4, 0.5) is 0 Å². The first-order valence-corrected chi connectivity index (χ1v) is 7.79. The maximum atomic E-state index is 6.35. The molecule has 0 atom stereocenters. The normalized spacial score (nSPS) is 16.6. The van der Waals surface area contributed by atoms with Crippen molar-refractivity contribution in [3.8, 4) is 5.75 Å². The highest BCUT2D eigenvalue weighted by Gasteiger charge is 2.14. The SMILES string of the molecule is COc1c(Cl)cc(CCN2CCNCC2)cc1C(C)C. The average Bonchev–Trinajstić information content (AvgIpc) is 2.45. The number of nitrogens with one attached hydrogen (secondary N) is 1. The van der Waals surface area contributed by atoms with Crippen molar-refractivity contribution < 1.29 is 4.74 Å². The summed E-state index contributed by atoms with van der Waals surface area (Å²) < 4.78 is 5.44. The Hall–Kier alpha value is -0.770. The van der Waals surface area contributed by atoms with E-state index in [9.17, 15) is 0 Å². The Morgan fingerprint density at radius 3 is 2.60 bits per heavy atom. The zero-order valence-electron chi connectivity index (χ0n) is 12.7. The van der Waals surface area contributed by atoms with E-state index in [0.29, 0.717) is 5.92 Å². The molecule has 0 spiro atoms. The van der Waals surface area contributed by atoms with E-state index in [2.05, 4.69) is 36.2 Å². The molecular weight excluding hydrogens is 272 g/mol. The summed E-state index contributed by atoms with van der Waals surface area (Å²) in [6.45, 7) is 9.92. The predicted octanol–water partition coefficient (Wildman–Crippen LogP) is 2.92. The Morgan fingerprint density at radius 2 is 2.00 bits per heavy atom. The molecule has 4 heteroatoms. The summed E-state index contributed by atoms with van der Waals surface area (Å²) in [6.07, 6.45) is 1.05. The molecule has 3 nitrogen and oxygen atoms in total. The minimum absolute atomic E-state index is 0.418. The van der Waals surface area contributed by atoms with E-state index in [1.54, 1.807) is 7.11 Å². The van der Waals surface area contributed by atoms with E-state index in [-0.39, 0.29) is 0 Å². The molecule has 1 aromatic rings. The van der Waals surface area contributed by atoms with Gasteiger partial charge in [0.1, 0.15) is 5.75 Å². The Morgan fingerprint density at radius 1 is 1.30 bits per heavy atom. The molecule has 0 aromatic heterocycles. The smallest absolute Gasteiger partial charge is 0.140 e. The number of piperazine rings is 1. The molecule has 1 aliphatic heterocycles. The van der Waals surface area contributed by atoms with Crippen molar-refractivity contribution in [3.63, 3.8) is 0 Å². The molecule has 1 aromatic carbocycles. The third kappa shape index (κ3) is 3.87. The van der Waals surface area contributed by atoms with Gasteiger partial charge in [-0.15, -0.1) is 0 Å². The fourth-order valence-electron chi connectivity index (χ4n) is 2.68. The van der Waals surface area contributed by atoms with Gasteiger partial charge < -0.3 is 15.0 Å². The van der Waals surface area contributed by atoms with E-state index in [4.69, 9.17) is 16.3 Å². The highest BCUT2D eigenvalue weighted by Crippen LogP contribution is 2.34. The number of hydrogen-bond acceptors (Lipinski definition) is 3. The van der Waals surface area contributed by atoms with Gasteiger partial charge in [-0.05, 0) is 29.5 Å². The van der Waals surface area contributed by atoms with Crippen LogP contribution in [0.2, 0.25) is 5.02 Å². The van der Waals surface area contributed by atoms with Gasteiger partial charge in [0.2, 0.25) is 0 Å². The van der Waals surface area contributed by atoms with Crippen molar-refractivity contribution in [2.24, 2.45) is 0 Å². The van der Waals surface area contributed by atoms with Crippen LogP contribution >= 0.6 is 11.6 Å². The quantitative estimate of drug-likeness (QED) is 0.904. The average molecular weight is 297 g/mol. The van der Waals surface area contributed by atoms with Gasteiger partial charge >= 0.3 is 0 Å². The van der Waals surface area contributed by atoms with Crippen molar-refractivity contribution in [2.45, 2.75) is 26.2 Å². The van der Waals surface area contributed by atoms with Gasteiger partial charge in [0.05, 0.1) is 12.1 Å². The molecule has 0 amide bonds. The second-order valence-corrected chi connectivity index (χ2v) is 6.10. The number of benzene rings is 1. The van der Waals surface area contributed by atoms with Gasteiger partial charge in [-0.1, -0.05) is 31.5 Å².